The Labute approximate surface area is 178 Å². The minimum Gasteiger partial charge on any atom is -0.497 e. The molecule has 3 heterocycles. The molecule has 0 saturated carbocycles. The van der Waals surface area contributed by atoms with E-state index in [9.17, 15) is 9.59 Å². The van der Waals surface area contributed by atoms with Crippen molar-refractivity contribution in [3.05, 3.63) is 77.0 Å². The molecule has 0 aliphatic rings. The number of ether oxygens (including phenoxy) is 1. The summed E-state index contributed by atoms with van der Waals surface area (Å²) in [6.45, 7) is 2.19. The number of rotatable bonds is 7. The Kier molecular flexibility index (Phi) is 5.74. The molecule has 0 saturated heterocycles. The lowest BCUT2D eigenvalue weighted by atomic mass is 10.1. The Morgan fingerprint density at radius 3 is 2.74 bits per heavy atom. The first-order chi connectivity index (χ1) is 15.1. The largest absolute Gasteiger partial charge is 0.497 e. The molecule has 0 bridgehead atoms. The van der Waals surface area contributed by atoms with Crippen LogP contribution in [0, 0.1) is 0 Å². The number of fused-ring (bicyclic) bond motifs is 1. The topological polar surface area (TPSA) is 103 Å². The second-order valence-corrected chi connectivity index (χ2v) is 6.99. The van der Waals surface area contributed by atoms with Gasteiger partial charge in [-0.25, -0.2) is 14.2 Å². The number of carbonyl (C=O) groups is 1. The molecule has 158 valence electrons. The molecular weight excluding hydrogens is 396 g/mol. The van der Waals surface area contributed by atoms with Crippen LogP contribution < -0.4 is 15.6 Å². The first kappa shape index (κ1) is 20.3. The van der Waals surface area contributed by atoms with Gasteiger partial charge in [0.2, 0.25) is 0 Å². The number of amides is 1. The molecule has 1 amide bonds. The van der Waals surface area contributed by atoms with Crippen molar-refractivity contribution in [2.24, 2.45) is 0 Å². The Morgan fingerprint density at radius 2 is 2.00 bits per heavy atom. The van der Waals surface area contributed by atoms with Crippen LogP contribution in [-0.2, 0) is 6.54 Å². The van der Waals surface area contributed by atoms with Gasteiger partial charge in [-0.1, -0.05) is 6.92 Å². The normalized spacial score (nSPS) is 11.9. The summed E-state index contributed by atoms with van der Waals surface area (Å²) in [6.07, 6.45) is 5.45. The van der Waals surface area contributed by atoms with Crippen LogP contribution in [0.25, 0.3) is 16.9 Å². The van der Waals surface area contributed by atoms with E-state index in [0.29, 0.717) is 23.3 Å². The van der Waals surface area contributed by atoms with Crippen LogP contribution in [0.4, 0.5) is 0 Å². The summed E-state index contributed by atoms with van der Waals surface area (Å²) in [5.74, 6) is 0.452. The fourth-order valence-electron chi connectivity index (χ4n) is 3.23. The van der Waals surface area contributed by atoms with Crippen LogP contribution in [0.15, 0.2) is 65.8 Å². The lowest BCUT2D eigenvalue weighted by Gasteiger charge is -2.17. The van der Waals surface area contributed by atoms with Crippen LogP contribution in [0.1, 0.15) is 23.7 Å². The van der Waals surface area contributed by atoms with Gasteiger partial charge in [0.1, 0.15) is 11.3 Å². The van der Waals surface area contributed by atoms with Gasteiger partial charge in [-0.2, -0.15) is 10.2 Å². The third-order valence-corrected chi connectivity index (χ3v) is 5.00. The van der Waals surface area contributed by atoms with E-state index in [1.165, 1.54) is 16.9 Å². The molecule has 4 rings (SSSR count). The number of aromatic nitrogens is 5. The molecule has 9 heteroatoms. The highest BCUT2D eigenvalue weighted by Gasteiger charge is 2.18. The van der Waals surface area contributed by atoms with E-state index in [-0.39, 0.29) is 24.1 Å². The summed E-state index contributed by atoms with van der Waals surface area (Å²) in [5, 5.41) is 11.6. The zero-order chi connectivity index (χ0) is 21.8. The third kappa shape index (κ3) is 4.30. The van der Waals surface area contributed by atoms with Crippen molar-refractivity contribution in [2.75, 3.05) is 7.11 Å². The Balaban J connectivity index is 1.53. The quantitative estimate of drug-likeness (QED) is 0.493. The van der Waals surface area contributed by atoms with Crippen molar-refractivity contribution in [3.63, 3.8) is 0 Å². The minimum absolute atomic E-state index is 0.234. The summed E-state index contributed by atoms with van der Waals surface area (Å²) < 4.78 is 8.10. The van der Waals surface area contributed by atoms with E-state index in [2.05, 4.69) is 20.5 Å². The number of nitrogens with one attached hydrogen (secondary N) is 1. The number of hydrogen-bond donors (Lipinski definition) is 1. The zero-order valence-corrected chi connectivity index (χ0v) is 17.2. The zero-order valence-electron chi connectivity index (χ0n) is 17.2. The lowest BCUT2D eigenvalue weighted by molar-refractivity contribution is 0.0932. The smallest absolute Gasteiger partial charge is 0.266 e. The molecular formula is C22H22N6O3. The van der Waals surface area contributed by atoms with Gasteiger partial charge in [0.05, 0.1) is 25.5 Å². The monoisotopic (exact) mass is 418 g/mol. The molecule has 0 spiro atoms. The van der Waals surface area contributed by atoms with Crippen molar-refractivity contribution in [2.45, 2.75) is 25.9 Å². The van der Waals surface area contributed by atoms with Gasteiger partial charge in [-0.3, -0.25) is 9.59 Å². The highest BCUT2D eigenvalue weighted by Crippen LogP contribution is 2.19. The van der Waals surface area contributed by atoms with E-state index in [1.807, 2.05) is 31.2 Å². The maximum absolute atomic E-state index is 12.8. The maximum atomic E-state index is 12.8. The van der Waals surface area contributed by atoms with E-state index in [4.69, 9.17) is 4.74 Å². The van der Waals surface area contributed by atoms with Crippen LogP contribution in [0.5, 0.6) is 5.75 Å². The summed E-state index contributed by atoms with van der Waals surface area (Å²) >= 11 is 0. The molecule has 0 radical (unpaired) electrons. The molecule has 0 aliphatic carbocycles. The summed E-state index contributed by atoms with van der Waals surface area (Å²) in [6, 6.07) is 12.1. The van der Waals surface area contributed by atoms with Gasteiger partial charge < -0.3 is 10.1 Å². The highest BCUT2D eigenvalue weighted by molar-refractivity contribution is 5.99. The highest BCUT2D eigenvalue weighted by atomic mass is 16.5. The van der Waals surface area contributed by atoms with Gasteiger partial charge in [-0.15, -0.1) is 0 Å². The van der Waals surface area contributed by atoms with Crippen LogP contribution in [0.2, 0.25) is 0 Å². The van der Waals surface area contributed by atoms with Gasteiger partial charge in [0, 0.05) is 30.1 Å². The van der Waals surface area contributed by atoms with Crippen molar-refractivity contribution in [1.82, 2.24) is 29.7 Å². The molecule has 4 aromatic rings. The summed E-state index contributed by atoms with van der Waals surface area (Å²) in [5.41, 5.74) is 2.15. The minimum atomic E-state index is -0.292. The Bertz CT molecular complexity index is 1260. The standard InChI is InChI=1S/C22H22N6O3/c1-3-16(25-22(30)18-13-24-27-12-4-11-23-21(18)27)14-28-20(29)10-9-19(26-28)15-5-7-17(31-2)8-6-15/h4-13,16H,3,14H2,1-2H3,(H,25,30)/t16-/m1/s1. The molecule has 1 aromatic carbocycles. The number of methoxy groups -OCH3 is 1. The fraction of sp³-hybridized carbons (Fsp3) is 0.227. The fourth-order valence-corrected chi connectivity index (χ4v) is 3.23. The van der Waals surface area contributed by atoms with E-state index in [0.717, 1.165) is 11.3 Å². The third-order valence-electron chi connectivity index (χ3n) is 5.00. The second-order valence-electron chi connectivity index (χ2n) is 6.99. The number of nitrogens with zero attached hydrogens (tertiary/aromatic N) is 5. The van der Waals surface area contributed by atoms with E-state index >= 15 is 0 Å². The molecule has 1 N–H and O–H groups in total. The molecule has 1 atom stereocenters. The van der Waals surface area contributed by atoms with Crippen molar-refractivity contribution in [1.29, 1.82) is 0 Å². The number of carbonyl (C=O) groups excluding carboxylic acids is 1. The van der Waals surface area contributed by atoms with Crippen LogP contribution in [0.3, 0.4) is 0 Å². The van der Waals surface area contributed by atoms with Gasteiger partial charge in [-0.05, 0) is 42.8 Å². The predicted molar refractivity (Wildman–Crippen MR) is 115 cm³/mol. The van der Waals surface area contributed by atoms with E-state index < -0.39 is 0 Å². The molecule has 0 fully saturated rings. The van der Waals surface area contributed by atoms with Crippen LogP contribution in [-0.4, -0.2) is 43.4 Å². The number of hydrogen-bond acceptors (Lipinski definition) is 6. The van der Waals surface area contributed by atoms with Gasteiger partial charge in [0.15, 0.2) is 5.65 Å². The first-order valence-electron chi connectivity index (χ1n) is 9.91. The molecule has 9 nitrogen and oxygen atoms in total. The van der Waals surface area contributed by atoms with Crippen molar-refractivity contribution >= 4 is 11.6 Å². The Hall–Kier alpha value is -4.01. The predicted octanol–water partition coefficient (Wildman–Crippen LogP) is 2.17. The number of benzene rings is 1. The van der Waals surface area contributed by atoms with Crippen molar-refractivity contribution < 1.29 is 9.53 Å². The summed E-state index contributed by atoms with van der Waals surface area (Å²) in [4.78, 5) is 29.4. The molecule has 3 aromatic heterocycles. The first-order valence-corrected chi connectivity index (χ1v) is 9.91. The average Bonchev–Trinajstić information content (AvgIpc) is 3.24. The molecule has 0 aliphatic heterocycles. The SMILES string of the molecule is CC[C@H](Cn1nc(-c2ccc(OC)cc2)ccc1=O)NC(=O)c1cnn2cccnc12. The summed E-state index contributed by atoms with van der Waals surface area (Å²) in [7, 11) is 1.61. The second kappa shape index (κ2) is 8.78. The lowest BCUT2D eigenvalue weighted by Crippen LogP contribution is -2.40. The van der Waals surface area contributed by atoms with Gasteiger partial charge in [0.25, 0.3) is 11.5 Å². The molecule has 31 heavy (non-hydrogen) atoms. The Morgan fingerprint density at radius 1 is 1.19 bits per heavy atom. The van der Waals surface area contributed by atoms with E-state index in [1.54, 1.807) is 36.2 Å². The van der Waals surface area contributed by atoms with Crippen LogP contribution >= 0.6 is 0 Å². The average molecular weight is 418 g/mol. The van der Waals surface area contributed by atoms with Gasteiger partial charge >= 0.3 is 0 Å². The van der Waals surface area contributed by atoms with Crippen molar-refractivity contribution in [3.8, 4) is 17.0 Å². The molecule has 0 unspecified atom stereocenters. The maximum Gasteiger partial charge on any atom is 0.266 e.